The number of azide groups is 1. The first-order valence-electron chi connectivity index (χ1n) is 5.63. The summed E-state index contributed by atoms with van der Waals surface area (Å²) in [5.74, 6) is 0. The molecule has 0 bridgehead atoms. The number of rotatable bonds is 7. The Hall–Kier alpha value is -0.730. The minimum absolute atomic E-state index is 0.246. The summed E-state index contributed by atoms with van der Waals surface area (Å²) in [5, 5.41) is 3.68. The zero-order chi connectivity index (χ0) is 10.2. The SMILES string of the molecule is CCCCCCCN1CC(N=[N+]=[N-])C1. The molecular weight excluding hydrogens is 176 g/mol. The molecule has 0 aromatic rings. The largest absolute Gasteiger partial charge is 0.302 e. The Kier molecular flexibility index (Phi) is 5.42. The highest BCUT2D eigenvalue weighted by molar-refractivity contribution is 4.85. The highest BCUT2D eigenvalue weighted by atomic mass is 15.3. The Balaban J connectivity index is 1.88. The van der Waals surface area contributed by atoms with Crippen LogP contribution >= 0.6 is 0 Å². The first-order chi connectivity index (χ1) is 6.86. The standard InChI is InChI=1S/C10H20N4/c1-2-3-4-5-6-7-14-8-10(9-14)12-13-11/h10H,2-9H2,1H3. The highest BCUT2D eigenvalue weighted by Crippen LogP contribution is 2.13. The quantitative estimate of drug-likeness (QED) is 0.267. The van der Waals surface area contributed by atoms with E-state index in [0.717, 1.165) is 13.1 Å². The Morgan fingerprint density at radius 3 is 2.64 bits per heavy atom. The number of unbranched alkanes of at least 4 members (excludes halogenated alkanes) is 4. The third-order valence-electron chi connectivity index (χ3n) is 2.73. The Labute approximate surface area is 85.9 Å². The van der Waals surface area contributed by atoms with Gasteiger partial charge >= 0.3 is 0 Å². The van der Waals surface area contributed by atoms with Gasteiger partial charge in [-0.15, -0.1) is 0 Å². The average Bonchev–Trinajstić information content (AvgIpc) is 2.13. The normalized spacial score (nSPS) is 17.5. The van der Waals surface area contributed by atoms with E-state index >= 15 is 0 Å². The number of nitrogens with zero attached hydrogens (tertiary/aromatic N) is 4. The van der Waals surface area contributed by atoms with E-state index in [1.165, 1.54) is 38.6 Å². The zero-order valence-corrected chi connectivity index (χ0v) is 9.02. The Morgan fingerprint density at radius 1 is 1.29 bits per heavy atom. The van der Waals surface area contributed by atoms with Crippen molar-refractivity contribution in [1.29, 1.82) is 0 Å². The summed E-state index contributed by atoms with van der Waals surface area (Å²) in [6, 6.07) is 0.246. The molecule has 0 saturated carbocycles. The number of hydrogen-bond acceptors (Lipinski definition) is 2. The molecule has 1 saturated heterocycles. The van der Waals surface area contributed by atoms with Crippen LogP contribution in [0.15, 0.2) is 5.11 Å². The molecule has 0 amide bonds. The van der Waals surface area contributed by atoms with Crippen molar-refractivity contribution in [1.82, 2.24) is 4.90 Å². The van der Waals surface area contributed by atoms with Gasteiger partial charge in [0.1, 0.15) is 0 Å². The average molecular weight is 196 g/mol. The van der Waals surface area contributed by atoms with Gasteiger partial charge < -0.3 is 4.90 Å². The van der Waals surface area contributed by atoms with Gasteiger partial charge in [-0.05, 0) is 18.5 Å². The molecular formula is C10H20N4. The molecule has 0 radical (unpaired) electrons. The van der Waals surface area contributed by atoms with Crippen LogP contribution < -0.4 is 0 Å². The van der Waals surface area contributed by atoms with E-state index in [9.17, 15) is 0 Å². The molecule has 0 N–H and O–H groups in total. The van der Waals surface area contributed by atoms with Gasteiger partial charge in [-0.3, -0.25) is 0 Å². The summed E-state index contributed by atoms with van der Waals surface area (Å²) in [4.78, 5) is 5.18. The molecule has 1 fully saturated rings. The predicted molar refractivity (Wildman–Crippen MR) is 58.1 cm³/mol. The second-order valence-corrected chi connectivity index (χ2v) is 4.03. The van der Waals surface area contributed by atoms with Crippen molar-refractivity contribution in [2.45, 2.75) is 45.1 Å². The fourth-order valence-electron chi connectivity index (χ4n) is 1.81. The van der Waals surface area contributed by atoms with E-state index in [2.05, 4.69) is 21.8 Å². The van der Waals surface area contributed by atoms with Crippen LogP contribution in [0.25, 0.3) is 10.4 Å². The summed E-state index contributed by atoms with van der Waals surface area (Å²) < 4.78 is 0. The maximum Gasteiger partial charge on any atom is 0.0628 e. The third kappa shape index (κ3) is 3.99. The van der Waals surface area contributed by atoms with E-state index in [0.29, 0.717) is 0 Å². The molecule has 0 aromatic heterocycles. The van der Waals surface area contributed by atoms with Crippen molar-refractivity contribution >= 4 is 0 Å². The second-order valence-electron chi connectivity index (χ2n) is 4.03. The van der Waals surface area contributed by atoms with E-state index < -0.39 is 0 Å². The fourth-order valence-corrected chi connectivity index (χ4v) is 1.81. The van der Waals surface area contributed by atoms with Gasteiger partial charge in [0, 0.05) is 18.0 Å². The van der Waals surface area contributed by atoms with Crippen LogP contribution in [0, 0.1) is 0 Å². The number of hydrogen-bond donors (Lipinski definition) is 0. The molecule has 1 aliphatic rings. The topological polar surface area (TPSA) is 52.0 Å². The summed E-state index contributed by atoms with van der Waals surface area (Å²) in [6.07, 6.45) is 6.67. The maximum absolute atomic E-state index is 8.20. The molecule has 80 valence electrons. The van der Waals surface area contributed by atoms with Crippen molar-refractivity contribution in [3.63, 3.8) is 0 Å². The Bertz CT molecular complexity index is 192. The van der Waals surface area contributed by atoms with Gasteiger partial charge in [-0.1, -0.05) is 37.7 Å². The van der Waals surface area contributed by atoms with Crippen LogP contribution in [-0.2, 0) is 0 Å². The van der Waals surface area contributed by atoms with Gasteiger partial charge in [-0.25, -0.2) is 0 Å². The van der Waals surface area contributed by atoms with Crippen molar-refractivity contribution < 1.29 is 0 Å². The van der Waals surface area contributed by atoms with Crippen molar-refractivity contribution in [3.8, 4) is 0 Å². The third-order valence-corrected chi connectivity index (χ3v) is 2.73. The molecule has 14 heavy (non-hydrogen) atoms. The van der Waals surface area contributed by atoms with E-state index in [1.807, 2.05) is 0 Å². The lowest BCUT2D eigenvalue weighted by molar-refractivity contribution is 0.148. The first kappa shape index (κ1) is 11.3. The smallest absolute Gasteiger partial charge is 0.0628 e. The highest BCUT2D eigenvalue weighted by Gasteiger charge is 2.24. The van der Waals surface area contributed by atoms with Crippen molar-refractivity contribution in [2.75, 3.05) is 19.6 Å². The van der Waals surface area contributed by atoms with E-state index in [1.54, 1.807) is 0 Å². The van der Waals surface area contributed by atoms with Gasteiger partial charge in [0.05, 0.1) is 6.04 Å². The Morgan fingerprint density at radius 2 is 2.00 bits per heavy atom. The van der Waals surface area contributed by atoms with Crippen molar-refractivity contribution in [2.24, 2.45) is 5.11 Å². The monoisotopic (exact) mass is 196 g/mol. The van der Waals surface area contributed by atoms with Gasteiger partial charge in [0.15, 0.2) is 0 Å². The summed E-state index contributed by atoms with van der Waals surface area (Å²) >= 11 is 0. The number of likely N-dealkylation sites (tertiary alicyclic amines) is 1. The predicted octanol–water partition coefficient (Wildman–Crippen LogP) is 2.95. The fraction of sp³-hybridized carbons (Fsp3) is 1.00. The van der Waals surface area contributed by atoms with E-state index in [4.69, 9.17) is 5.53 Å². The maximum atomic E-state index is 8.20. The van der Waals surface area contributed by atoms with Crippen LogP contribution in [0.1, 0.15) is 39.0 Å². The molecule has 1 heterocycles. The summed E-state index contributed by atoms with van der Waals surface area (Å²) in [6.45, 7) is 5.36. The van der Waals surface area contributed by atoms with E-state index in [-0.39, 0.29) is 6.04 Å². The summed E-state index contributed by atoms with van der Waals surface area (Å²) in [5.41, 5.74) is 8.20. The lowest BCUT2D eigenvalue weighted by Crippen LogP contribution is -2.49. The molecule has 1 aliphatic heterocycles. The molecule has 0 unspecified atom stereocenters. The second kappa shape index (κ2) is 6.68. The van der Waals surface area contributed by atoms with Crippen LogP contribution in [0.2, 0.25) is 0 Å². The molecule has 4 heteroatoms. The molecule has 1 rings (SSSR count). The van der Waals surface area contributed by atoms with Gasteiger partial charge in [0.25, 0.3) is 0 Å². The first-order valence-corrected chi connectivity index (χ1v) is 5.63. The van der Waals surface area contributed by atoms with Gasteiger partial charge in [-0.2, -0.15) is 0 Å². The summed E-state index contributed by atoms with van der Waals surface area (Å²) in [7, 11) is 0. The molecule has 4 nitrogen and oxygen atoms in total. The van der Waals surface area contributed by atoms with Crippen LogP contribution in [0.4, 0.5) is 0 Å². The molecule has 0 aromatic carbocycles. The minimum atomic E-state index is 0.246. The van der Waals surface area contributed by atoms with Crippen molar-refractivity contribution in [3.05, 3.63) is 10.4 Å². The van der Waals surface area contributed by atoms with Crippen LogP contribution in [-0.4, -0.2) is 30.6 Å². The van der Waals surface area contributed by atoms with Crippen LogP contribution in [0.3, 0.4) is 0 Å². The van der Waals surface area contributed by atoms with Gasteiger partial charge in [0.2, 0.25) is 0 Å². The molecule has 0 atom stereocenters. The lowest BCUT2D eigenvalue weighted by atomic mass is 10.1. The molecule has 0 spiro atoms. The molecule has 0 aliphatic carbocycles. The minimum Gasteiger partial charge on any atom is -0.302 e. The van der Waals surface area contributed by atoms with Crippen LogP contribution in [0.5, 0.6) is 0 Å². The lowest BCUT2D eigenvalue weighted by Gasteiger charge is -2.36. The zero-order valence-electron chi connectivity index (χ0n) is 9.02.